The van der Waals surface area contributed by atoms with Crippen LogP contribution in [0.5, 0.6) is 0 Å². The molecule has 5 N–H and O–H groups in total. The van der Waals surface area contributed by atoms with E-state index in [1.807, 2.05) is 12.2 Å². The molecule has 0 saturated carbocycles. The Balaban J connectivity index is 2.82. The minimum absolute atomic E-state index is 0.229. The number of carbonyl (C=O) groups is 1. The maximum Gasteiger partial charge on any atom is 0.451 e. The normalized spacial score (nSPS) is 19.9. The first-order valence-electron chi connectivity index (χ1n) is 10.7. The molecule has 6 nitrogen and oxygen atoms in total. The summed E-state index contributed by atoms with van der Waals surface area (Å²) >= 11 is 0. The van der Waals surface area contributed by atoms with Crippen molar-refractivity contribution in [2.45, 2.75) is 76.7 Å². The zero-order valence-corrected chi connectivity index (χ0v) is 18.1. The van der Waals surface area contributed by atoms with Crippen LogP contribution >= 0.6 is 0 Å². The second-order valence-corrected chi connectivity index (χ2v) is 8.70. The maximum atomic E-state index is 11.9. The number of unbranched alkanes of at least 4 members (excludes halogenated alkanes) is 1. The molecule has 1 rings (SSSR count). The number of hydrogen-bond donors (Lipinski definition) is 4. The van der Waals surface area contributed by atoms with Crippen LogP contribution in [-0.4, -0.2) is 57.8 Å². The molecule has 0 aliphatic carbocycles. The highest BCUT2D eigenvalue weighted by Gasteiger charge is 2.35. The molecule has 2 atom stereocenters. The molecule has 0 amide bonds. The lowest BCUT2D eigenvalue weighted by Gasteiger charge is -2.39. The molecular weight excluding hydrogens is 367 g/mol. The van der Waals surface area contributed by atoms with Crippen LogP contribution in [0.2, 0.25) is 6.32 Å². The predicted octanol–water partition coefficient (Wildman–Crippen LogP) is 2.98. The fourth-order valence-electron chi connectivity index (χ4n) is 3.87. The Labute approximate surface area is 176 Å². The van der Waals surface area contributed by atoms with Crippen molar-refractivity contribution >= 4 is 13.1 Å². The molecule has 29 heavy (non-hydrogen) atoms. The summed E-state index contributed by atoms with van der Waals surface area (Å²) in [5, 5.41) is 27.6. The van der Waals surface area contributed by atoms with Gasteiger partial charge in [-0.3, -0.25) is 9.69 Å². The van der Waals surface area contributed by atoms with E-state index >= 15 is 0 Å². The van der Waals surface area contributed by atoms with Gasteiger partial charge in [-0.05, 0) is 62.0 Å². The predicted molar refractivity (Wildman–Crippen MR) is 119 cm³/mol. The molecule has 0 aromatic rings. The van der Waals surface area contributed by atoms with E-state index in [1.165, 1.54) is 11.1 Å². The average Bonchev–Trinajstić information content (AvgIpc) is 2.67. The number of nitrogens with zero attached hydrogens (tertiary/aromatic N) is 1. The van der Waals surface area contributed by atoms with E-state index in [2.05, 4.69) is 31.9 Å². The molecule has 2 unspecified atom stereocenters. The molecule has 1 heterocycles. The van der Waals surface area contributed by atoms with Crippen LogP contribution in [0, 0.1) is 5.92 Å². The summed E-state index contributed by atoms with van der Waals surface area (Å²) in [6.07, 6.45) is 8.45. The van der Waals surface area contributed by atoms with Crippen LogP contribution in [-0.2, 0) is 4.79 Å². The molecule has 0 bridgehead atoms. The van der Waals surface area contributed by atoms with Gasteiger partial charge in [0, 0.05) is 12.6 Å². The van der Waals surface area contributed by atoms with E-state index in [9.17, 15) is 9.90 Å². The van der Waals surface area contributed by atoms with Gasteiger partial charge in [0.2, 0.25) is 0 Å². The highest BCUT2D eigenvalue weighted by molar-refractivity contribution is 6.40. The minimum Gasteiger partial charge on any atom is -0.480 e. The van der Waals surface area contributed by atoms with Crippen molar-refractivity contribution in [3.63, 3.8) is 0 Å². The molecule has 7 heteroatoms. The third-order valence-corrected chi connectivity index (χ3v) is 5.93. The Morgan fingerprint density at radius 2 is 1.93 bits per heavy atom. The number of nitrogens with two attached hydrogens (primary N) is 1. The monoisotopic (exact) mass is 406 g/mol. The Morgan fingerprint density at radius 3 is 2.45 bits per heavy atom. The van der Waals surface area contributed by atoms with E-state index in [-0.39, 0.29) is 12.4 Å². The van der Waals surface area contributed by atoms with Gasteiger partial charge in [0.05, 0.1) is 0 Å². The second-order valence-electron chi connectivity index (χ2n) is 8.70. The molecule has 0 aromatic heterocycles. The largest absolute Gasteiger partial charge is 0.480 e. The van der Waals surface area contributed by atoms with Gasteiger partial charge in [-0.1, -0.05) is 52.0 Å². The van der Waals surface area contributed by atoms with Gasteiger partial charge in [0.15, 0.2) is 0 Å². The number of carboxylic acids is 1. The van der Waals surface area contributed by atoms with Crippen LogP contribution in [0.15, 0.2) is 36.5 Å². The molecule has 0 spiro atoms. The van der Waals surface area contributed by atoms with Crippen molar-refractivity contribution in [3.05, 3.63) is 36.5 Å². The van der Waals surface area contributed by atoms with Gasteiger partial charge in [-0.25, -0.2) is 0 Å². The van der Waals surface area contributed by atoms with Crippen LogP contribution in [0.1, 0.15) is 58.8 Å². The third-order valence-electron chi connectivity index (χ3n) is 5.93. The van der Waals surface area contributed by atoms with Gasteiger partial charge in [0.25, 0.3) is 0 Å². The van der Waals surface area contributed by atoms with Crippen molar-refractivity contribution in [1.82, 2.24) is 4.90 Å². The highest BCUT2D eigenvalue weighted by Crippen LogP contribution is 2.30. The van der Waals surface area contributed by atoms with Gasteiger partial charge in [-0.15, -0.1) is 0 Å². The summed E-state index contributed by atoms with van der Waals surface area (Å²) in [4.78, 5) is 14.3. The second kappa shape index (κ2) is 12.3. The van der Waals surface area contributed by atoms with E-state index in [0.29, 0.717) is 38.0 Å². The molecule has 164 valence electrons. The van der Waals surface area contributed by atoms with Crippen molar-refractivity contribution in [3.8, 4) is 0 Å². The zero-order valence-electron chi connectivity index (χ0n) is 18.1. The summed E-state index contributed by atoms with van der Waals surface area (Å²) in [6.45, 7) is 14.0. The first-order valence-corrected chi connectivity index (χ1v) is 10.7. The summed E-state index contributed by atoms with van der Waals surface area (Å²) < 4.78 is 0. The number of carboxylic acid groups (broad SMARTS) is 1. The molecule has 0 radical (unpaired) electrons. The lowest BCUT2D eigenvalue weighted by atomic mass is 9.80. The van der Waals surface area contributed by atoms with Crippen molar-refractivity contribution in [2.24, 2.45) is 11.7 Å². The number of allylic oxidation sites excluding steroid dienone is 1. The Hall–Kier alpha value is -1.41. The minimum atomic E-state index is -1.35. The maximum absolute atomic E-state index is 11.9. The number of hydrogen-bond acceptors (Lipinski definition) is 5. The smallest absolute Gasteiger partial charge is 0.451 e. The van der Waals surface area contributed by atoms with Crippen molar-refractivity contribution in [1.29, 1.82) is 0 Å². The lowest BCUT2D eigenvalue weighted by molar-refractivity contribution is -0.144. The third kappa shape index (κ3) is 8.46. The molecule has 0 saturated heterocycles. The van der Waals surface area contributed by atoms with Crippen molar-refractivity contribution < 1.29 is 19.9 Å². The summed E-state index contributed by atoms with van der Waals surface area (Å²) in [5.41, 5.74) is 7.36. The SMILES string of the molecule is C=CC1=C(C=C)CN(CCC(C)C)C(CCC(N)(CCCCB(O)O)C(=O)O)C1. The van der Waals surface area contributed by atoms with E-state index in [0.717, 1.165) is 25.9 Å². The summed E-state index contributed by atoms with van der Waals surface area (Å²) in [7, 11) is -1.35. The van der Waals surface area contributed by atoms with Crippen LogP contribution in [0.3, 0.4) is 0 Å². The number of rotatable bonds is 14. The van der Waals surface area contributed by atoms with E-state index < -0.39 is 18.6 Å². The highest BCUT2D eigenvalue weighted by atomic mass is 16.4. The fraction of sp³-hybridized carbons (Fsp3) is 0.682. The van der Waals surface area contributed by atoms with Crippen molar-refractivity contribution in [2.75, 3.05) is 13.1 Å². The summed E-state index contributed by atoms with van der Waals surface area (Å²) in [6, 6.07) is 0.229. The topological polar surface area (TPSA) is 107 Å². The van der Waals surface area contributed by atoms with Gasteiger partial charge in [0.1, 0.15) is 5.54 Å². The van der Waals surface area contributed by atoms with Gasteiger partial charge in [-0.2, -0.15) is 0 Å². The standard InChI is InChI=1S/C22H39BN2O4/c1-5-18-15-20(25(14-10-17(3)4)16-19(18)6-2)9-12-22(24,21(26)27)11-7-8-13-23(28)29/h5-6,17,20,28-29H,1-2,7-16,24H2,3-4H3,(H,26,27). The Kier molecular flexibility index (Phi) is 10.9. The van der Waals surface area contributed by atoms with Crippen LogP contribution in [0.4, 0.5) is 0 Å². The zero-order chi connectivity index (χ0) is 22.0. The van der Waals surface area contributed by atoms with E-state index in [4.69, 9.17) is 15.8 Å². The first-order chi connectivity index (χ1) is 13.6. The average molecular weight is 406 g/mol. The molecule has 1 aliphatic heterocycles. The molecular formula is C22H39BN2O4. The fourth-order valence-corrected chi connectivity index (χ4v) is 3.87. The Bertz CT molecular complexity index is 591. The van der Waals surface area contributed by atoms with Crippen LogP contribution in [0.25, 0.3) is 0 Å². The van der Waals surface area contributed by atoms with Gasteiger partial charge < -0.3 is 20.9 Å². The molecule has 0 fully saturated rings. The summed E-state index contributed by atoms with van der Waals surface area (Å²) in [5.74, 6) is -0.389. The molecule has 0 aromatic carbocycles. The van der Waals surface area contributed by atoms with E-state index in [1.54, 1.807) is 0 Å². The number of aliphatic carboxylic acids is 1. The quantitative estimate of drug-likeness (QED) is 0.261. The first kappa shape index (κ1) is 25.6. The van der Waals surface area contributed by atoms with Gasteiger partial charge >= 0.3 is 13.1 Å². The molecule has 1 aliphatic rings. The van der Waals surface area contributed by atoms with Crippen LogP contribution < -0.4 is 5.73 Å². The lowest BCUT2D eigenvalue weighted by Crippen LogP contribution is -2.50. The Morgan fingerprint density at radius 1 is 1.28 bits per heavy atom.